The molecule has 0 aliphatic carbocycles. The molecular formula is C19H12F3N3O. The van der Waals surface area contributed by atoms with Crippen LogP contribution in [-0.2, 0) is 0 Å². The minimum atomic E-state index is -1.29. The molecular weight excluding hydrogens is 343 g/mol. The molecule has 0 aliphatic rings. The van der Waals surface area contributed by atoms with Crippen LogP contribution in [0.3, 0.4) is 0 Å². The van der Waals surface area contributed by atoms with Gasteiger partial charge in [0, 0.05) is 23.3 Å². The zero-order chi connectivity index (χ0) is 18.4. The van der Waals surface area contributed by atoms with E-state index >= 15 is 0 Å². The standard InChI is InChI=1S/C19H12F3N3O/c1-10-18(11-5-3-2-4-6-11)19-23-16(9-17(26)25(19)24-10)12-7-14(21)15(22)8-13(12)20/h2-9,23H,1H3. The van der Waals surface area contributed by atoms with E-state index in [1.54, 1.807) is 6.92 Å². The Kier molecular flexibility index (Phi) is 3.64. The van der Waals surface area contributed by atoms with Crippen molar-refractivity contribution in [1.82, 2.24) is 14.6 Å². The van der Waals surface area contributed by atoms with Crippen LogP contribution in [0, 0.1) is 24.4 Å². The Morgan fingerprint density at radius 3 is 2.38 bits per heavy atom. The second kappa shape index (κ2) is 5.87. The molecule has 26 heavy (non-hydrogen) atoms. The highest BCUT2D eigenvalue weighted by Gasteiger charge is 2.18. The molecule has 0 aliphatic heterocycles. The molecule has 0 bridgehead atoms. The normalized spacial score (nSPS) is 11.2. The largest absolute Gasteiger partial charge is 0.339 e. The zero-order valence-electron chi connectivity index (χ0n) is 13.6. The average Bonchev–Trinajstić information content (AvgIpc) is 2.95. The van der Waals surface area contributed by atoms with Gasteiger partial charge in [0.05, 0.1) is 11.4 Å². The van der Waals surface area contributed by atoms with Crippen LogP contribution < -0.4 is 5.56 Å². The first kappa shape index (κ1) is 16.1. The van der Waals surface area contributed by atoms with Gasteiger partial charge in [0.2, 0.25) is 0 Å². The van der Waals surface area contributed by atoms with Crippen molar-refractivity contribution in [3.05, 3.63) is 82.0 Å². The number of nitrogens with zero attached hydrogens (tertiary/aromatic N) is 2. The van der Waals surface area contributed by atoms with E-state index in [1.165, 1.54) is 4.52 Å². The van der Waals surface area contributed by atoms with Crippen LogP contribution in [0.15, 0.2) is 53.3 Å². The van der Waals surface area contributed by atoms with E-state index in [4.69, 9.17) is 0 Å². The summed E-state index contributed by atoms with van der Waals surface area (Å²) >= 11 is 0. The van der Waals surface area contributed by atoms with Gasteiger partial charge in [-0.3, -0.25) is 4.79 Å². The average molecular weight is 355 g/mol. The van der Waals surface area contributed by atoms with Crippen molar-refractivity contribution in [3.8, 4) is 22.4 Å². The highest BCUT2D eigenvalue weighted by atomic mass is 19.2. The highest BCUT2D eigenvalue weighted by molar-refractivity contribution is 5.81. The van der Waals surface area contributed by atoms with Crippen molar-refractivity contribution in [2.75, 3.05) is 0 Å². The van der Waals surface area contributed by atoms with Crippen molar-refractivity contribution < 1.29 is 13.2 Å². The lowest BCUT2D eigenvalue weighted by Gasteiger charge is -2.07. The molecule has 0 fully saturated rings. The molecule has 2 aromatic heterocycles. The van der Waals surface area contributed by atoms with Crippen molar-refractivity contribution >= 4 is 5.65 Å². The number of halogens is 3. The monoisotopic (exact) mass is 355 g/mol. The van der Waals surface area contributed by atoms with Crippen molar-refractivity contribution in [1.29, 1.82) is 0 Å². The molecule has 0 spiro atoms. The number of rotatable bonds is 2. The van der Waals surface area contributed by atoms with Crippen LogP contribution in [0.2, 0.25) is 0 Å². The first-order chi connectivity index (χ1) is 12.5. The lowest BCUT2D eigenvalue weighted by molar-refractivity contribution is 0.496. The summed E-state index contributed by atoms with van der Waals surface area (Å²) in [5.74, 6) is -3.46. The molecule has 0 atom stereocenters. The fourth-order valence-corrected chi connectivity index (χ4v) is 2.97. The van der Waals surface area contributed by atoms with E-state index in [9.17, 15) is 18.0 Å². The number of benzene rings is 2. The summed E-state index contributed by atoms with van der Waals surface area (Å²) in [7, 11) is 0. The molecule has 0 unspecified atom stereocenters. The third-order valence-electron chi connectivity index (χ3n) is 4.15. The van der Waals surface area contributed by atoms with Crippen LogP contribution in [0.4, 0.5) is 13.2 Å². The fourth-order valence-electron chi connectivity index (χ4n) is 2.97. The molecule has 0 amide bonds. The summed E-state index contributed by atoms with van der Waals surface area (Å²) in [6, 6.07) is 11.5. The maximum Gasteiger partial charge on any atom is 0.274 e. The Hall–Kier alpha value is -3.35. The van der Waals surface area contributed by atoms with E-state index in [2.05, 4.69) is 10.1 Å². The molecule has 4 rings (SSSR count). The summed E-state index contributed by atoms with van der Waals surface area (Å²) in [6.07, 6.45) is 0. The quantitative estimate of drug-likeness (QED) is 0.551. The summed E-state index contributed by atoms with van der Waals surface area (Å²) in [5.41, 5.74) is 1.74. The van der Waals surface area contributed by atoms with Crippen LogP contribution in [0.5, 0.6) is 0 Å². The van der Waals surface area contributed by atoms with Crippen LogP contribution >= 0.6 is 0 Å². The molecule has 130 valence electrons. The van der Waals surface area contributed by atoms with E-state index in [1.807, 2.05) is 30.3 Å². The predicted octanol–water partition coefficient (Wildman–Crippen LogP) is 4.08. The van der Waals surface area contributed by atoms with Gasteiger partial charge in [0.25, 0.3) is 5.56 Å². The molecule has 1 N–H and O–H groups in total. The van der Waals surface area contributed by atoms with Gasteiger partial charge in [-0.2, -0.15) is 9.61 Å². The van der Waals surface area contributed by atoms with Gasteiger partial charge in [-0.15, -0.1) is 0 Å². The van der Waals surface area contributed by atoms with Crippen LogP contribution in [-0.4, -0.2) is 14.6 Å². The third-order valence-corrected chi connectivity index (χ3v) is 4.15. The topological polar surface area (TPSA) is 50.2 Å². The molecule has 4 aromatic rings. The number of hydrogen-bond acceptors (Lipinski definition) is 2. The first-order valence-corrected chi connectivity index (χ1v) is 7.78. The Morgan fingerprint density at radius 1 is 0.962 bits per heavy atom. The second-order valence-electron chi connectivity index (χ2n) is 5.85. The first-order valence-electron chi connectivity index (χ1n) is 7.78. The molecule has 7 heteroatoms. The Bertz CT molecular complexity index is 1200. The number of fused-ring (bicyclic) bond motifs is 1. The summed E-state index contributed by atoms with van der Waals surface area (Å²) in [6.45, 7) is 1.75. The SMILES string of the molecule is Cc1nn2c(=O)cc(-c3cc(F)c(F)cc3F)[nH]c2c1-c1ccccc1. The minimum Gasteiger partial charge on any atom is -0.339 e. The van der Waals surface area contributed by atoms with Crippen molar-refractivity contribution in [2.24, 2.45) is 0 Å². The van der Waals surface area contributed by atoms with E-state index < -0.39 is 23.0 Å². The second-order valence-corrected chi connectivity index (χ2v) is 5.85. The van der Waals surface area contributed by atoms with Crippen LogP contribution in [0.1, 0.15) is 5.69 Å². The van der Waals surface area contributed by atoms with Gasteiger partial charge in [-0.1, -0.05) is 30.3 Å². The minimum absolute atomic E-state index is 0.0379. The molecule has 0 saturated carbocycles. The number of aryl methyl sites for hydroxylation is 1. The van der Waals surface area contributed by atoms with Gasteiger partial charge in [-0.05, 0) is 18.6 Å². The number of H-pyrrole nitrogens is 1. The fraction of sp³-hybridized carbons (Fsp3) is 0.0526. The van der Waals surface area contributed by atoms with E-state index in [0.717, 1.165) is 17.7 Å². The Morgan fingerprint density at radius 2 is 1.65 bits per heavy atom. The molecule has 2 aromatic carbocycles. The number of aromatic amines is 1. The third kappa shape index (κ3) is 2.48. The van der Waals surface area contributed by atoms with E-state index in [-0.39, 0.29) is 11.3 Å². The lowest BCUT2D eigenvalue weighted by Crippen LogP contribution is -2.14. The van der Waals surface area contributed by atoms with Crippen molar-refractivity contribution in [3.63, 3.8) is 0 Å². The lowest BCUT2D eigenvalue weighted by atomic mass is 10.1. The zero-order valence-corrected chi connectivity index (χ0v) is 13.6. The van der Waals surface area contributed by atoms with Gasteiger partial charge in [0.1, 0.15) is 11.5 Å². The number of aromatic nitrogens is 3. The summed E-state index contributed by atoms with van der Waals surface area (Å²) in [5, 5.41) is 4.22. The highest BCUT2D eigenvalue weighted by Crippen LogP contribution is 2.29. The smallest absolute Gasteiger partial charge is 0.274 e. The van der Waals surface area contributed by atoms with Gasteiger partial charge < -0.3 is 4.98 Å². The van der Waals surface area contributed by atoms with Gasteiger partial charge in [-0.25, -0.2) is 13.2 Å². The van der Waals surface area contributed by atoms with Crippen molar-refractivity contribution in [2.45, 2.75) is 6.92 Å². The molecule has 2 heterocycles. The molecule has 0 saturated heterocycles. The number of hydrogen-bond donors (Lipinski definition) is 1. The predicted molar refractivity (Wildman–Crippen MR) is 91.3 cm³/mol. The summed E-state index contributed by atoms with van der Waals surface area (Å²) in [4.78, 5) is 15.4. The van der Waals surface area contributed by atoms with Gasteiger partial charge in [0.15, 0.2) is 11.6 Å². The Balaban J connectivity index is 2.03. The maximum atomic E-state index is 14.1. The summed E-state index contributed by atoms with van der Waals surface area (Å²) < 4.78 is 42.0. The molecule has 4 nitrogen and oxygen atoms in total. The maximum absolute atomic E-state index is 14.1. The van der Waals surface area contributed by atoms with Gasteiger partial charge >= 0.3 is 0 Å². The van der Waals surface area contributed by atoms with E-state index in [0.29, 0.717) is 23.0 Å². The molecule has 0 radical (unpaired) electrons. The Labute approximate surface area is 145 Å². The number of nitrogens with one attached hydrogen (secondary N) is 1. The van der Waals surface area contributed by atoms with Crippen LogP contribution in [0.25, 0.3) is 28.0 Å².